The van der Waals surface area contributed by atoms with Crippen LogP contribution in [-0.2, 0) is 21.2 Å². The number of sulfonamides is 1. The molecule has 144 valence electrons. The van der Waals surface area contributed by atoms with E-state index in [2.05, 4.69) is 11.4 Å². The van der Waals surface area contributed by atoms with Gasteiger partial charge in [0, 0.05) is 0 Å². The maximum Gasteiger partial charge on any atom is 0.241 e. The van der Waals surface area contributed by atoms with Crippen molar-refractivity contribution in [1.82, 2.24) is 5.32 Å². The van der Waals surface area contributed by atoms with Crippen LogP contribution in [0.5, 0.6) is 5.75 Å². The number of methoxy groups -OCH3 is 1. The van der Waals surface area contributed by atoms with Gasteiger partial charge in [-0.05, 0) is 42.5 Å². The summed E-state index contributed by atoms with van der Waals surface area (Å²) < 4.78 is 31.0. The normalized spacial score (nSPS) is 16.3. The molecule has 0 heterocycles. The average molecular weight is 388 g/mol. The van der Waals surface area contributed by atoms with Gasteiger partial charge in [-0.3, -0.25) is 9.10 Å². The molecule has 0 spiro atoms. The monoisotopic (exact) mass is 388 g/mol. The largest absolute Gasteiger partial charge is 0.495 e. The standard InChI is InChI=1S/C20H24N2O4S/c1-26-19-13-6-5-12-18(19)22(27(2,24)25)14-20(23)21-17-11-7-9-15-8-3-4-10-16(15)17/h3-6,8,10,12-13,17H,7,9,11,14H2,1-2H3,(H,21,23)/t17-/m0/s1. The van der Waals surface area contributed by atoms with Gasteiger partial charge in [-0.15, -0.1) is 0 Å². The van der Waals surface area contributed by atoms with Crippen molar-refractivity contribution in [2.75, 3.05) is 24.2 Å². The molecule has 27 heavy (non-hydrogen) atoms. The lowest BCUT2D eigenvalue weighted by Gasteiger charge is -2.28. The molecule has 0 aromatic heterocycles. The summed E-state index contributed by atoms with van der Waals surface area (Å²) in [4.78, 5) is 12.7. The molecule has 6 nitrogen and oxygen atoms in total. The van der Waals surface area contributed by atoms with Crippen LogP contribution >= 0.6 is 0 Å². The average Bonchev–Trinajstić information content (AvgIpc) is 2.65. The SMILES string of the molecule is COc1ccccc1N(CC(=O)N[C@H]1CCCc2ccccc21)S(C)(=O)=O. The predicted molar refractivity (Wildman–Crippen MR) is 105 cm³/mol. The number of amides is 1. The van der Waals surface area contributed by atoms with Gasteiger partial charge in [0.15, 0.2) is 0 Å². The molecule has 1 N–H and O–H groups in total. The lowest BCUT2D eigenvalue weighted by atomic mass is 9.88. The Hall–Kier alpha value is -2.54. The molecule has 0 saturated heterocycles. The zero-order chi connectivity index (χ0) is 19.4. The number of nitrogens with zero attached hydrogens (tertiary/aromatic N) is 1. The highest BCUT2D eigenvalue weighted by atomic mass is 32.2. The van der Waals surface area contributed by atoms with E-state index >= 15 is 0 Å². The lowest BCUT2D eigenvalue weighted by Crippen LogP contribution is -2.42. The van der Waals surface area contributed by atoms with Crippen molar-refractivity contribution in [3.63, 3.8) is 0 Å². The van der Waals surface area contributed by atoms with Gasteiger partial charge in [0.25, 0.3) is 0 Å². The Balaban J connectivity index is 1.81. The second kappa shape index (κ2) is 8.00. The van der Waals surface area contributed by atoms with E-state index in [1.807, 2.05) is 18.2 Å². The fraction of sp³-hybridized carbons (Fsp3) is 0.350. The number of hydrogen-bond donors (Lipinski definition) is 1. The summed E-state index contributed by atoms with van der Waals surface area (Å²) in [5.41, 5.74) is 2.70. The van der Waals surface area contributed by atoms with Gasteiger partial charge >= 0.3 is 0 Å². The fourth-order valence-electron chi connectivity index (χ4n) is 3.49. The minimum atomic E-state index is -3.65. The van der Waals surface area contributed by atoms with Gasteiger partial charge in [-0.1, -0.05) is 36.4 Å². The van der Waals surface area contributed by atoms with Crippen molar-refractivity contribution in [3.8, 4) is 5.75 Å². The van der Waals surface area contributed by atoms with Crippen LogP contribution < -0.4 is 14.4 Å². The summed E-state index contributed by atoms with van der Waals surface area (Å²) in [5, 5.41) is 3.00. The van der Waals surface area contributed by atoms with Crippen molar-refractivity contribution in [3.05, 3.63) is 59.7 Å². The number of nitrogens with one attached hydrogen (secondary N) is 1. The molecule has 1 atom stereocenters. The van der Waals surface area contributed by atoms with Crippen molar-refractivity contribution >= 4 is 21.6 Å². The van der Waals surface area contributed by atoms with Crippen molar-refractivity contribution < 1.29 is 17.9 Å². The summed E-state index contributed by atoms with van der Waals surface area (Å²) in [6, 6.07) is 14.7. The minimum Gasteiger partial charge on any atom is -0.495 e. The third kappa shape index (κ3) is 4.42. The highest BCUT2D eigenvalue weighted by Crippen LogP contribution is 2.31. The molecule has 0 saturated carbocycles. The third-order valence-electron chi connectivity index (χ3n) is 4.75. The van der Waals surface area contributed by atoms with Gasteiger partial charge in [0.1, 0.15) is 12.3 Å². The summed E-state index contributed by atoms with van der Waals surface area (Å²) in [6.45, 7) is -0.294. The highest BCUT2D eigenvalue weighted by molar-refractivity contribution is 7.92. The second-order valence-corrected chi connectivity index (χ2v) is 8.56. The topological polar surface area (TPSA) is 75.7 Å². The van der Waals surface area contributed by atoms with Crippen molar-refractivity contribution in [2.45, 2.75) is 25.3 Å². The minimum absolute atomic E-state index is 0.0958. The molecule has 1 amide bonds. The number of carbonyl (C=O) groups excluding carboxylic acids is 1. The molecular weight excluding hydrogens is 364 g/mol. The summed E-state index contributed by atoms with van der Waals surface area (Å²) >= 11 is 0. The molecule has 0 fully saturated rings. The Bertz CT molecular complexity index is 927. The summed E-state index contributed by atoms with van der Waals surface area (Å²) in [6.07, 6.45) is 3.92. The highest BCUT2D eigenvalue weighted by Gasteiger charge is 2.26. The summed E-state index contributed by atoms with van der Waals surface area (Å²) in [5.74, 6) is 0.0618. The van der Waals surface area contributed by atoms with Crippen LogP contribution in [-0.4, -0.2) is 34.2 Å². The van der Waals surface area contributed by atoms with E-state index in [-0.39, 0.29) is 18.5 Å². The quantitative estimate of drug-likeness (QED) is 0.825. The molecular formula is C20H24N2O4S. The van der Waals surface area contributed by atoms with Crippen LogP contribution in [0.4, 0.5) is 5.69 Å². The Labute approximate surface area is 160 Å². The van der Waals surface area contributed by atoms with E-state index in [1.54, 1.807) is 24.3 Å². The van der Waals surface area contributed by atoms with E-state index in [4.69, 9.17) is 4.74 Å². The van der Waals surface area contributed by atoms with E-state index in [1.165, 1.54) is 12.7 Å². The molecule has 1 aliphatic carbocycles. The maximum atomic E-state index is 12.7. The second-order valence-electron chi connectivity index (χ2n) is 6.65. The fourth-order valence-corrected chi connectivity index (χ4v) is 4.35. The van der Waals surface area contributed by atoms with Crippen LogP contribution in [0, 0.1) is 0 Å². The molecule has 0 bridgehead atoms. The molecule has 2 aromatic carbocycles. The van der Waals surface area contributed by atoms with Gasteiger partial charge in [-0.2, -0.15) is 0 Å². The Kier molecular flexibility index (Phi) is 5.70. The van der Waals surface area contributed by atoms with Crippen LogP contribution in [0.2, 0.25) is 0 Å². The molecule has 0 unspecified atom stereocenters. The number of fused-ring (bicyclic) bond motifs is 1. The van der Waals surface area contributed by atoms with E-state index in [0.717, 1.165) is 35.4 Å². The first kappa shape index (κ1) is 19.2. The predicted octanol–water partition coefficient (Wildman–Crippen LogP) is 2.66. The maximum absolute atomic E-state index is 12.7. The smallest absolute Gasteiger partial charge is 0.241 e. The number of hydrogen-bond acceptors (Lipinski definition) is 4. The Morgan fingerprint density at radius 1 is 1.19 bits per heavy atom. The van der Waals surface area contributed by atoms with E-state index in [9.17, 15) is 13.2 Å². The number of carbonyl (C=O) groups is 1. The molecule has 0 aliphatic heterocycles. The van der Waals surface area contributed by atoms with Crippen molar-refractivity contribution in [1.29, 1.82) is 0 Å². The first-order valence-electron chi connectivity index (χ1n) is 8.88. The van der Waals surface area contributed by atoms with Gasteiger partial charge in [0.2, 0.25) is 15.9 Å². The van der Waals surface area contributed by atoms with Gasteiger partial charge in [-0.25, -0.2) is 8.42 Å². The Morgan fingerprint density at radius 2 is 1.89 bits per heavy atom. The zero-order valence-corrected chi connectivity index (χ0v) is 16.3. The number of anilines is 1. The molecule has 7 heteroatoms. The Morgan fingerprint density at radius 3 is 2.63 bits per heavy atom. The first-order chi connectivity index (χ1) is 12.9. The van der Waals surface area contributed by atoms with Gasteiger partial charge < -0.3 is 10.1 Å². The summed E-state index contributed by atoms with van der Waals surface area (Å²) in [7, 11) is -2.18. The molecule has 0 radical (unpaired) electrons. The van der Waals surface area contributed by atoms with Crippen LogP contribution in [0.3, 0.4) is 0 Å². The lowest BCUT2D eigenvalue weighted by molar-refractivity contribution is -0.120. The van der Waals surface area contributed by atoms with E-state index in [0.29, 0.717) is 11.4 Å². The molecule has 3 rings (SSSR count). The molecule has 1 aliphatic rings. The van der Waals surface area contributed by atoms with Crippen molar-refractivity contribution in [2.24, 2.45) is 0 Å². The number of para-hydroxylation sites is 2. The number of rotatable bonds is 6. The van der Waals surface area contributed by atoms with Crippen LogP contribution in [0.25, 0.3) is 0 Å². The van der Waals surface area contributed by atoms with Crippen LogP contribution in [0.15, 0.2) is 48.5 Å². The molecule has 2 aromatic rings. The number of aryl methyl sites for hydroxylation is 1. The zero-order valence-electron chi connectivity index (χ0n) is 15.5. The number of ether oxygens (including phenoxy) is 1. The van der Waals surface area contributed by atoms with Crippen LogP contribution in [0.1, 0.15) is 30.0 Å². The first-order valence-corrected chi connectivity index (χ1v) is 10.7. The van der Waals surface area contributed by atoms with E-state index < -0.39 is 10.0 Å². The number of benzene rings is 2. The van der Waals surface area contributed by atoms with Gasteiger partial charge in [0.05, 0.1) is 25.1 Å². The third-order valence-corrected chi connectivity index (χ3v) is 5.87.